The number of carbonyl (C=O) groups excluding carboxylic acids is 3. The second-order valence-electron chi connectivity index (χ2n) is 17.9. The van der Waals surface area contributed by atoms with E-state index in [4.69, 9.17) is 14.2 Å². The Balaban J connectivity index is 4.52. The molecule has 1 unspecified atom stereocenters. The van der Waals surface area contributed by atoms with Gasteiger partial charge in [0.15, 0.2) is 6.10 Å². The fourth-order valence-electron chi connectivity index (χ4n) is 7.29. The molecule has 380 valence electrons. The maximum absolute atomic E-state index is 12.8. The van der Waals surface area contributed by atoms with Gasteiger partial charge in [-0.2, -0.15) is 0 Å². The van der Waals surface area contributed by atoms with Gasteiger partial charge in [0, 0.05) is 19.3 Å². The Morgan fingerprint density at radius 2 is 0.672 bits per heavy atom. The molecule has 1 atom stereocenters. The van der Waals surface area contributed by atoms with Gasteiger partial charge in [0.1, 0.15) is 13.2 Å². The van der Waals surface area contributed by atoms with Crippen LogP contribution >= 0.6 is 0 Å². The quantitative estimate of drug-likeness (QED) is 0.0199. The van der Waals surface area contributed by atoms with Crippen LogP contribution in [0.5, 0.6) is 0 Å². The van der Waals surface area contributed by atoms with E-state index in [0.29, 0.717) is 19.3 Å². The molecule has 6 nitrogen and oxygen atoms in total. The SMILES string of the molecule is CC/C=C/C=C/C=C/C=C/C=C/C=C/CCCCCC(=O)OC(COC(=O)CC/C=C/C/C=C/CCCCCCCC)COC(=O)CCCCCCCCC/C=C/CCCCCCCCCC. The van der Waals surface area contributed by atoms with Crippen LogP contribution < -0.4 is 0 Å². The van der Waals surface area contributed by atoms with E-state index in [9.17, 15) is 14.4 Å². The van der Waals surface area contributed by atoms with Crippen LogP contribution in [0.3, 0.4) is 0 Å². The summed E-state index contributed by atoms with van der Waals surface area (Å²) in [5.74, 6) is -1.04. The van der Waals surface area contributed by atoms with E-state index in [-0.39, 0.29) is 44.0 Å². The summed E-state index contributed by atoms with van der Waals surface area (Å²) >= 11 is 0. The van der Waals surface area contributed by atoms with E-state index >= 15 is 0 Å². The zero-order valence-electron chi connectivity index (χ0n) is 43.4. The molecule has 6 heteroatoms. The Bertz CT molecular complexity index is 1390. The van der Waals surface area contributed by atoms with Crippen molar-refractivity contribution >= 4 is 17.9 Å². The second kappa shape index (κ2) is 54.7. The minimum Gasteiger partial charge on any atom is -0.462 e. The Labute approximate surface area is 412 Å². The first kappa shape index (κ1) is 63.1. The van der Waals surface area contributed by atoms with Gasteiger partial charge in [-0.05, 0) is 83.5 Å². The Kier molecular flexibility index (Phi) is 51.5. The molecule has 0 heterocycles. The number of unbranched alkanes of at least 4 members (excludes halogenated alkanes) is 24. The van der Waals surface area contributed by atoms with Gasteiger partial charge in [-0.15, -0.1) is 0 Å². The van der Waals surface area contributed by atoms with Crippen LogP contribution in [0.15, 0.2) is 109 Å². The number of esters is 3. The molecule has 0 aliphatic heterocycles. The highest BCUT2D eigenvalue weighted by atomic mass is 16.6. The molecule has 0 aliphatic carbocycles. The summed E-state index contributed by atoms with van der Waals surface area (Å²) in [6.45, 7) is 6.39. The minimum atomic E-state index is -0.827. The van der Waals surface area contributed by atoms with E-state index in [0.717, 1.165) is 57.8 Å². The van der Waals surface area contributed by atoms with Crippen molar-refractivity contribution in [3.05, 3.63) is 109 Å². The Hall–Kier alpha value is -3.93. The third-order valence-electron chi connectivity index (χ3n) is 11.4. The normalized spacial score (nSPS) is 12.9. The Morgan fingerprint density at radius 1 is 0.328 bits per heavy atom. The van der Waals surface area contributed by atoms with Crippen molar-refractivity contribution in [2.75, 3.05) is 13.2 Å². The maximum atomic E-state index is 12.8. The monoisotopic (exact) mass is 929 g/mol. The average Bonchev–Trinajstić information content (AvgIpc) is 3.33. The largest absolute Gasteiger partial charge is 0.462 e. The highest BCUT2D eigenvalue weighted by Crippen LogP contribution is 2.14. The van der Waals surface area contributed by atoms with Gasteiger partial charge in [-0.25, -0.2) is 0 Å². The molecular weight excluding hydrogens is 829 g/mol. The summed E-state index contributed by atoms with van der Waals surface area (Å²) in [5, 5.41) is 0. The number of allylic oxidation sites excluding steroid dienone is 18. The maximum Gasteiger partial charge on any atom is 0.306 e. The van der Waals surface area contributed by atoms with Gasteiger partial charge in [-0.1, -0.05) is 246 Å². The first-order valence-corrected chi connectivity index (χ1v) is 27.5. The molecule has 0 N–H and O–H groups in total. The van der Waals surface area contributed by atoms with Gasteiger partial charge in [0.05, 0.1) is 0 Å². The molecule has 0 spiro atoms. The molecule has 0 aromatic rings. The predicted molar refractivity (Wildman–Crippen MR) is 288 cm³/mol. The number of ether oxygens (including phenoxy) is 3. The zero-order valence-corrected chi connectivity index (χ0v) is 43.4. The minimum absolute atomic E-state index is 0.117. The first-order valence-electron chi connectivity index (χ1n) is 27.5. The topological polar surface area (TPSA) is 78.9 Å². The van der Waals surface area contributed by atoms with E-state index in [2.05, 4.69) is 63.3 Å². The summed E-state index contributed by atoms with van der Waals surface area (Å²) in [4.78, 5) is 38.0. The predicted octanol–water partition coefficient (Wildman–Crippen LogP) is 18.3. The van der Waals surface area contributed by atoms with Crippen molar-refractivity contribution in [3.63, 3.8) is 0 Å². The molecule has 0 fully saturated rings. The smallest absolute Gasteiger partial charge is 0.306 e. The van der Waals surface area contributed by atoms with Crippen LogP contribution in [0.4, 0.5) is 0 Å². The number of hydrogen-bond acceptors (Lipinski definition) is 6. The van der Waals surface area contributed by atoms with Gasteiger partial charge in [0.25, 0.3) is 0 Å². The van der Waals surface area contributed by atoms with Crippen molar-refractivity contribution < 1.29 is 28.6 Å². The first-order chi connectivity index (χ1) is 33.0. The van der Waals surface area contributed by atoms with Gasteiger partial charge in [-0.3, -0.25) is 14.4 Å². The van der Waals surface area contributed by atoms with Crippen LogP contribution in [0, 0.1) is 0 Å². The average molecular weight is 929 g/mol. The van der Waals surface area contributed by atoms with Crippen molar-refractivity contribution in [1.82, 2.24) is 0 Å². The second-order valence-corrected chi connectivity index (χ2v) is 17.9. The van der Waals surface area contributed by atoms with Gasteiger partial charge in [0.2, 0.25) is 0 Å². The van der Waals surface area contributed by atoms with E-state index in [1.165, 1.54) is 128 Å². The highest BCUT2D eigenvalue weighted by molar-refractivity contribution is 5.71. The third-order valence-corrected chi connectivity index (χ3v) is 11.4. The van der Waals surface area contributed by atoms with Crippen molar-refractivity contribution in [2.45, 2.75) is 245 Å². The number of carbonyl (C=O) groups is 3. The van der Waals surface area contributed by atoms with Crippen LogP contribution in [0.1, 0.15) is 239 Å². The van der Waals surface area contributed by atoms with Gasteiger partial charge < -0.3 is 14.2 Å². The molecule has 0 bridgehead atoms. The highest BCUT2D eigenvalue weighted by Gasteiger charge is 2.19. The van der Waals surface area contributed by atoms with Crippen molar-refractivity contribution in [2.24, 2.45) is 0 Å². The lowest BCUT2D eigenvalue weighted by atomic mass is 10.1. The number of rotatable bonds is 48. The molecule has 0 amide bonds. The molecule has 0 rings (SSSR count). The molecule has 0 radical (unpaired) electrons. The van der Waals surface area contributed by atoms with Crippen LogP contribution in [0.2, 0.25) is 0 Å². The fraction of sp³-hybridized carbons (Fsp3) is 0.656. The summed E-state index contributed by atoms with van der Waals surface area (Å²) in [7, 11) is 0. The molecule has 0 aliphatic rings. The lowest BCUT2D eigenvalue weighted by Crippen LogP contribution is -2.30. The summed E-state index contributed by atoms with van der Waals surface area (Å²) < 4.78 is 16.7. The summed E-state index contributed by atoms with van der Waals surface area (Å²) in [6.07, 6.45) is 73.7. The van der Waals surface area contributed by atoms with Gasteiger partial charge >= 0.3 is 17.9 Å². The van der Waals surface area contributed by atoms with Crippen LogP contribution in [-0.4, -0.2) is 37.2 Å². The molecule has 0 aromatic carbocycles. The molecule has 0 saturated heterocycles. The van der Waals surface area contributed by atoms with Crippen LogP contribution in [-0.2, 0) is 28.6 Å². The lowest BCUT2D eigenvalue weighted by Gasteiger charge is -2.18. The third kappa shape index (κ3) is 52.9. The molecule has 0 saturated carbocycles. The zero-order chi connectivity index (χ0) is 48.6. The van der Waals surface area contributed by atoms with E-state index in [1.807, 2.05) is 66.8 Å². The van der Waals surface area contributed by atoms with Crippen molar-refractivity contribution in [3.8, 4) is 0 Å². The standard InChI is InChI=1S/C61H100O6/c1-4-7-10-13-16-19-22-25-27-29-30-32-33-36-39-42-45-48-51-54-60(63)66-57-58(56-65-59(62)53-50-47-44-41-38-35-24-21-18-15-12-9-6-3)67-61(64)55-52-49-46-43-40-37-34-31-28-26-23-20-17-14-11-8-5-2/h8,11,14,17,20,23,26,28-31,34-35,37-38,40,44,47,58H,4-7,9-10,12-13,15-16,18-19,21-22,24-25,27,32-33,36,39,41-43,45-46,48-57H2,1-3H3/b11-8+,17-14+,23-20+,28-26+,30-29+,34-31+,38-35+,40-37+,47-44+. The fourth-order valence-corrected chi connectivity index (χ4v) is 7.29. The van der Waals surface area contributed by atoms with E-state index < -0.39 is 6.10 Å². The summed E-state index contributed by atoms with van der Waals surface area (Å²) in [6, 6.07) is 0. The summed E-state index contributed by atoms with van der Waals surface area (Å²) in [5.41, 5.74) is 0. The lowest BCUT2D eigenvalue weighted by molar-refractivity contribution is -0.166. The molecule has 0 aromatic heterocycles. The molecular formula is C61H100O6. The molecule has 67 heavy (non-hydrogen) atoms. The van der Waals surface area contributed by atoms with Crippen LogP contribution in [0.25, 0.3) is 0 Å². The van der Waals surface area contributed by atoms with E-state index in [1.54, 1.807) is 0 Å². The number of hydrogen-bond donors (Lipinski definition) is 0. The Morgan fingerprint density at radius 3 is 1.15 bits per heavy atom. The van der Waals surface area contributed by atoms with Crippen molar-refractivity contribution in [1.29, 1.82) is 0 Å².